The van der Waals surface area contributed by atoms with Crippen molar-refractivity contribution in [2.75, 3.05) is 18.1 Å². The Bertz CT molecular complexity index is 1130. The van der Waals surface area contributed by atoms with Gasteiger partial charge in [0.15, 0.2) is 6.61 Å². The first-order chi connectivity index (χ1) is 16.3. The maximum atomic E-state index is 12.7. The molecule has 0 radical (unpaired) electrons. The van der Waals surface area contributed by atoms with E-state index in [0.717, 1.165) is 17.7 Å². The second-order valence-corrected chi connectivity index (χ2v) is 7.84. The number of methoxy groups -OCH3 is 1. The fraction of sp³-hybridized carbons (Fsp3) is 0.200. The molecule has 178 valence electrons. The average Bonchev–Trinajstić information content (AvgIpc) is 2.85. The number of Topliss-reactive ketones (excluding diaryl/α,β-unsaturated/α-hetero) is 1. The van der Waals surface area contributed by atoms with Crippen molar-refractivity contribution in [2.45, 2.75) is 12.8 Å². The molecule has 0 saturated carbocycles. The van der Waals surface area contributed by atoms with Crippen molar-refractivity contribution in [3.8, 4) is 11.5 Å². The largest absolute Gasteiger partial charge is 0.496 e. The number of hydrogen-bond donors (Lipinski definition) is 0. The first-order valence-electron chi connectivity index (χ1n) is 10.1. The number of nitrogens with zero attached hydrogens (tertiary/aromatic N) is 1. The molecule has 3 rings (SSSR count). The highest BCUT2D eigenvalue weighted by Gasteiger charge is 2.29. The third kappa shape index (κ3) is 6.96. The molecule has 34 heavy (non-hydrogen) atoms. The van der Waals surface area contributed by atoms with E-state index < -0.39 is 11.7 Å². The Labute approximate surface area is 208 Å². The van der Waals surface area contributed by atoms with E-state index in [2.05, 4.69) is 27.7 Å². The van der Waals surface area contributed by atoms with Crippen LogP contribution in [0.5, 0.6) is 11.5 Å². The predicted molar refractivity (Wildman–Crippen MR) is 131 cm³/mol. The lowest BCUT2D eigenvalue weighted by atomic mass is 10.1. The molecule has 0 aliphatic rings. The van der Waals surface area contributed by atoms with E-state index >= 15 is 0 Å². The number of oxime groups is 1. The number of para-hydroxylation sites is 1. The molecule has 0 unspecified atom stereocenters. The fourth-order valence-corrected chi connectivity index (χ4v) is 3.55. The standard InChI is InChI=1S/C25H21F3INO4/c1-32-24-5-3-2-4-21(24)23(31)16-33-20-12-8-18(9-13-20)22(14-29)30-34-15-17-6-10-19(11-7-17)25(26,27)28/h2-13H,14-16H2,1H3. The average molecular weight is 583 g/mol. The van der Waals surface area contributed by atoms with E-state index in [1.54, 1.807) is 48.5 Å². The van der Waals surface area contributed by atoms with E-state index in [1.165, 1.54) is 19.2 Å². The zero-order chi connectivity index (χ0) is 24.6. The van der Waals surface area contributed by atoms with Crippen molar-refractivity contribution in [2.24, 2.45) is 5.16 Å². The molecular formula is C25H21F3INO4. The summed E-state index contributed by atoms with van der Waals surface area (Å²) < 4.78 is 49.3. The van der Waals surface area contributed by atoms with Crippen LogP contribution in [0.2, 0.25) is 0 Å². The fourth-order valence-electron chi connectivity index (χ4n) is 2.97. The van der Waals surface area contributed by atoms with Crippen LogP contribution in [0.3, 0.4) is 0 Å². The normalized spacial score (nSPS) is 11.7. The van der Waals surface area contributed by atoms with E-state index in [0.29, 0.717) is 32.8 Å². The van der Waals surface area contributed by atoms with E-state index in [1.807, 2.05) is 0 Å². The van der Waals surface area contributed by atoms with Crippen LogP contribution in [0.25, 0.3) is 0 Å². The molecule has 0 heterocycles. The number of benzene rings is 3. The van der Waals surface area contributed by atoms with Crippen LogP contribution in [-0.4, -0.2) is 29.6 Å². The van der Waals surface area contributed by atoms with Gasteiger partial charge in [-0.2, -0.15) is 13.2 Å². The lowest BCUT2D eigenvalue weighted by molar-refractivity contribution is -0.137. The molecule has 0 aliphatic carbocycles. The van der Waals surface area contributed by atoms with Gasteiger partial charge in [-0.05, 0) is 54.1 Å². The number of carbonyl (C=O) groups excluding carboxylic acids is 1. The van der Waals surface area contributed by atoms with Crippen LogP contribution in [0.15, 0.2) is 78.0 Å². The molecule has 3 aromatic rings. The summed E-state index contributed by atoms with van der Waals surface area (Å²) in [6.45, 7) is -0.0896. The van der Waals surface area contributed by atoms with Gasteiger partial charge in [0.25, 0.3) is 0 Å². The summed E-state index contributed by atoms with van der Waals surface area (Å²) in [7, 11) is 1.51. The quantitative estimate of drug-likeness (QED) is 0.0921. The van der Waals surface area contributed by atoms with Gasteiger partial charge in [0, 0.05) is 9.99 Å². The van der Waals surface area contributed by atoms with Crippen molar-refractivity contribution in [3.63, 3.8) is 0 Å². The maximum Gasteiger partial charge on any atom is 0.416 e. The Kier molecular flexibility index (Phi) is 8.91. The summed E-state index contributed by atoms with van der Waals surface area (Å²) in [5.41, 5.74) is 1.77. The molecule has 5 nitrogen and oxygen atoms in total. The van der Waals surface area contributed by atoms with Crippen molar-refractivity contribution in [1.29, 1.82) is 0 Å². The van der Waals surface area contributed by atoms with Crippen LogP contribution in [-0.2, 0) is 17.6 Å². The Morgan fingerprint density at radius 2 is 1.65 bits per heavy atom. The van der Waals surface area contributed by atoms with E-state index in [4.69, 9.17) is 14.3 Å². The van der Waals surface area contributed by atoms with Crippen molar-refractivity contribution < 1.29 is 32.3 Å². The highest BCUT2D eigenvalue weighted by atomic mass is 127. The first kappa shape index (κ1) is 25.5. The smallest absolute Gasteiger partial charge is 0.416 e. The predicted octanol–water partition coefficient (Wildman–Crippen LogP) is 6.33. The van der Waals surface area contributed by atoms with E-state index in [-0.39, 0.29) is 19.0 Å². The maximum absolute atomic E-state index is 12.7. The van der Waals surface area contributed by atoms with Crippen molar-refractivity contribution >= 4 is 34.1 Å². The van der Waals surface area contributed by atoms with Gasteiger partial charge in [-0.25, -0.2) is 0 Å². The zero-order valence-electron chi connectivity index (χ0n) is 18.1. The second-order valence-electron chi connectivity index (χ2n) is 7.08. The topological polar surface area (TPSA) is 57.1 Å². The van der Waals surface area contributed by atoms with Gasteiger partial charge < -0.3 is 14.3 Å². The monoisotopic (exact) mass is 583 g/mol. The number of rotatable bonds is 10. The summed E-state index contributed by atoms with van der Waals surface area (Å²) in [5, 5.41) is 4.12. The van der Waals surface area contributed by atoms with Gasteiger partial charge >= 0.3 is 6.18 Å². The van der Waals surface area contributed by atoms with Crippen molar-refractivity contribution in [3.05, 3.63) is 95.1 Å². The van der Waals surface area contributed by atoms with Gasteiger partial charge in [-0.3, -0.25) is 4.79 Å². The van der Waals surface area contributed by atoms with Gasteiger partial charge in [0.2, 0.25) is 5.78 Å². The van der Waals surface area contributed by atoms with Crippen LogP contribution in [0.1, 0.15) is 27.0 Å². The van der Waals surface area contributed by atoms with Crippen LogP contribution in [0.4, 0.5) is 13.2 Å². The lowest BCUT2D eigenvalue weighted by Crippen LogP contribution is -2.13. The first-order valence-corrected chi connectivity index (χ1v) is 11.6. The third-order valence-corrected chi connectivity index (χ3v) is 5.50. The minimum atomic E-state index is -4.37. The summed E-state index contributed by atoms with van der Waals surface area (Å²) >= 11 is 2.14. The molecule has 0 amide bonds. The zero-order valence-corrected chi connectivity index (χ0v) is 20.3. The number of carbonyl (C=O) groups is 1. The highest BCUT2D eigenvalue weighted by Crippen LogP contribution is 2.29. The van der Waals surface area contributed by atoms with Gasteiger partial charge in [0.05, 0.1) is 23.9 Å². The number of ketones is 1. The summed E-state index contributed by atoms with van der Waals surface area (Å²) in [6, 6.07) is 18.7. The SMILES string of the molecule is COc1ccccc1C(=O)COc1ccc(C(CI)=NOCc2ccc(C(F)(F)F)cc2)cc1. The summed E-state index contributed by atoms with van der Waals surface area (Å²) in [5.74, 6) is 0.809. The Morgan fingerprint density at radius 1 is 0.971 bits per heavy atom. The summed E-state index contributed by atoms with van der Waals surface area (Å²) in [6.07, 6.45) is -4.37. The number of alkyl halides is 4. The van der Waals surface area contributed by atoms with E-state index in [9.17, 15) is 18.0 Å². The molecular weight excluding hydrogens is 562 g/mol. The molecule has 9 heteroatoms. The molecule has 0 N–H and O–H groups in total. The molecule has 0 saturated heterocycles. The highest BCUT2D eigenvalue weighted by molar-refractivity contribution is 14.1. The number of ether oxygens (including phenoxy) is 2. The molecule has 0 atom stereocenters. The molecule has 0 spiro atoms. The van der Waals surface area contributed by atoms with Gasteiger partial charge in [0.1, 0.15) is 18.1 Å². The van der Waals surface area contributed by atoms with Crippen LogP contribution >= 0.6 is 22.6 Å². The Morgan fingerprint density at radius 3 is 2.26 bits per heavy atom. The number of halogens is 4. The van der Waals surface area contributed by atoms with Crippen LogP contribution < -0.4 is 9.47 Å². The third-order valence-electron chi connectivity index (χ3n) is 4.78. The summed E-state index contributed by atoms with van der Waals surface area (Å²) in [4.78, 5) is 17.8. The molecule has 0 fully saturated rings. The number of hydrogen-bond acceptors (Lipinski definition) is 5. The molecule has 0 aromatic heterocycles. The minimum absolute atomic E-state index is 0.0462. The minimum Gasteiger partial charge on any atom is -0.496 e. The Hall–Kier alpha value is -3.08. The second kappa shape index (κ2) is 11.9. The van der Waals surface area contributed by atoms with Gasteiger partial charge in [-0.15, -0.1) is 0 Å². The van der Waals surface area contributed by atoms with Gasteiger partial charge in [-0.1, -0.05) is 52.0 Å². The molecule has 0 aliphatic heterocycles. The van der Waals surface area contributed by atoms with Crippen LogP contribution in [0, 0.1) is 0 Å². The Balaban J connectivity index is 1.56. The lowest BCUT2D eigenvalue weighted by Gasteiger charge is -2.10. The molecule has 0 bridgehead atoms. The van der Waals surface area contributed by atoms with Crippen molar-refractivity contribution in [1.82, 2.24) is 0 Å². The molecule has 3 aromatic carbocycles.